The maximum Gasteiger partial charge on any atom is 0.161 e. The molecule has 1 rings (SSSR count). The molecule has 0 unspecified atom stereocenters. The van der Waals surface area contributed by atoms with Crippen LogP contribution in [0.3, 0.4) is 0 Å². The van der Waals surface area contributed by atoms with Gasteiger partial charge in [0.2, 0.25) is 0 Å². The van der Waals surface area contributed by atoms with Crippen molar-refractivity contribution in [2.45, 2.75) is 59.8 Å². The minimum absolute atomic E-state index is 0.177. The van der Waals surface area contributed by atoms with Gasteiger partial charge in [-0.1, -0.05) is 71.5 Å². The highest BCUT2D eigenvalue weighted by Crippen LogP contribution is 2.26. The molecule has 0 saturated heterocycles. The molecule has 1 aromatic carbocycles. The van der Waals surface area contributed by atoms with E-state index in [1.165, 1.54) is 12.0 Å². The Balaban J connectivity index is 0.00000149. The lowest BCUT2D eigenvalue weighted by Gasteiger charge is -2.07. The second kappa shape index (κ2) is 11.8. The third kappa shape index (κ3) is 7.92. The quantitative estimate of drug-likeness (QED) is 0.463. The Morgan fingerprint density at radius 2 is 1.26 bits per heavy atom. The maximum atomic E-state index is 13.8. The molecule has 0 heterocycles. The van der Waals surface area contributed by atoms with Crippen LogP contribution in [-0.4, -0.2) is 0 Å². The lowest BCUT2D eigenvalue weighted by atomic mass is 10.0. The van der Waals surface area contributed by atoms with Crippen LogP contribution in [0, 0.1) is 0 Å². The van der Waals surface area contributed by atoms with Gasteiger partial charge < -0.3 is 0 Å². The Morgan fingerprint density at radius 3 is 1.70 bits per heavy atom. The number of halogens is 2. The number of rotatable bonds is 7. The normalized spacial score (nSPS) is 11.2. The van der Waals surface area contributed by atoms with Crippen molar-refractivity contribution in [2.75, 3.05) is 0 Å². The highest BCUT2D eigenvalue weighted by molar-refractivity contribution is 5.35. The lowest BCUT2D eigenvalue weighted by Crippen LogP contribution is -1.93. The minimum Gasteiger partial charge on any atom is -0.203 e. The number of hydrogen-bond acceptors (Lipinski definition) is 0. The predicted octanol–water partition coefficient (Wildman–Crippen LogP) is 7.27. The summed E-state index contributed by atoms with van der Waals surface area (Å²) < 4.78 is 27.4. The van der Waals surface area contributed by atoms with Crippen molar-refractivity contribution in [3.05, 3.63) is 71.4 Å². The van der Waals surface area contributed by atoms with Crippen LogP contribution in [0.1, 0.15) is 58.1 Å². The summed E-state index contributed by atoms with van der Waals surface area (Å²) >= 11 is 0. The van der Waals surface area contributed by atoms with Crippen molar-refractivity contribution in [3.8, 4) is 0 Å². The molecule has 0 atom stereocenters. The van der Waals surface area contributed by atoms with Crippen LogP contribution in [0.5, 0.6) is 0 Å². The second-order valence-electron chi connectivity index (χ2n) is 5.57. The van der Waals surface area contributed by atoms with Crippen LogP contribution in [-0.2, 0) is 12.8 Å². The lowest BCUT2D eigenvalue weighted by molar-refractivity contribution is 0.546. The molecule has 0 amide bonds. The van der Waals surface area contributed by atoms with Gasteiger partial charge in [-0.3, -0.25) is 0 Å². The van der Waals surface area contributed by atoms with Gasteiger partial charge in [0.15, 0.2) is 11.7 Å². The fourth-order valence-corrected chi connectivity index (χ4v) is 1.81. The first-order valence-corrected chi connectivity index (χ1v) is 8.40. The van der Waals surface area contributed by atoms with Gasteiger partial charge in [0.1, 0.15) is 0 Å². The van der Waals surface area contributed by atoms with Gasteiger partial charge in [-0.15, -0.1) is 0 Å². The molecule has 0 aliphatic heterocycles. The van der Waals surface area contributed by atoms with Crippen LogP contribution in [0.4, 0.5) is 8.78 Å². The van der Waals surface area contributed by atoms with Crippen LogP contribution in [0.2, 0.25) is 0 Å². The van der Waals surface area contributed by atoms with E-state index in [2.05, 4.69) is 46.1 Å². The molecular formula is C21H30F2. The molecule has 0 bridgehead atoms. The fourth-order valence-electron chi connectivity index (χ4n) is 1.81. The summed E-state index contributed by atoms with van der Waals surface area (Å²) in [5.74, 6) is -1.72. The summed E-state index contributed by atoms with van der Waals surface area (Å²) in [7, 11) is 0. The van der Waals surface area contributed by atoms with Gasteiger partial charge >= 0.3 is 0 Å². The molecule has 0 fully saturated rings. The number of aryl methyl sites for hydroxylation is 2. The van der Waals surface area contributed by atoms with Crippen molar-refractivity contribution < 1.29 is 8.78 Å². The van der Waals surface area contributed by atoms with Crippen molar-refractivity contribution >= 4 is 0 Å². The topological polar surface area (TPSA) is 0 Å². The first kappa shape index (κ1) is 21.3. The van der Waals surface area contributed by atoms with Crippen molar-refractivity contribution in [1.29, 1.82) is 0 Å². The Hall–Kier alpha value is -1.70. The van der Waals surface area contributed by atoms with Gasteiger partial charge in [-0.05, 0) is 48.0 Å². The van der Waals surface area contributed by atoms with Gasteiger partial charge in [-0.25, -0.2) is 8.78 Å². The van der Waals surface area contributed by atoms with E-state index in [-0.39, 0.29) is 11.1 Å². The Bertz CT molecular complexity index is 521. The molecule has 0 saturated carbocycles. The van der Waals surface area contributed by atoms with Gasteiger partial charge in [-0.2, -0.15) is 0 Å². The number of allylic oxidation sites excluding steroid dienone is 4. The summed E-state index contributed by atoms with van der Waals surface area (Å²) in [5, 5.41) is 0. The molecule has 23 heavy (non-hydrogen) atoms. The zero-order chi connectivity index (χ0) is 17.8. The standard InChI is InChI=1S/C18H22F2.C3H8/c1-5-13(3)17(19)18(20)14(4)7-8-16-11-9-15(6-2)10-12-16;1-3-2/h9-12H,3-8H2,1-2H3;3H2,1-2H3/b18-17-;. The van der Waals surface area contributed by atoms with E-state index in [1.54, 1.807) is 6.92 Å². The molecule has 0 radical (unpaired) electrons. The highest BCUT2D eigenvalue weighted by atomic mass is 19.2. The van der Waals surface area contributed by atoms with Crippen LogP contribution in [0.25, 0.3) is 0 Å². The molecule has 1 aromatic rings. The maximum absolute atomic E-state index is 13.8. The van der Waals surface area contributed by atoms with Crippen molar-refractivity contribution in [3.63, 3.8) is 0 Å². The summed E-state index contributed by atoms with van der Waals surface area (Å²) in [6.07, 6.45) is 3.70. The summed E-state index contributed by atoms with van der Waals surface area (Å²) in [4.78, 5) is 0. The summed E-state index contributed by atoms with van der Waals surface area (Å²) in [6.45, 7) is 15.2. The number of benzene rings is 1. The van der Waals surface area contributed by atoms with Crippen molar-refractivity contribution in [1.82, 2.24) is 0 Å². The van der Waals surface area contributed by atoms with Gasteiger partial charge in [0.25, 0.3) is 0 Å². The SMILES string of the molecule is C=C(CC)/C(F)=C(/F)C(=C)CCc1ccc(CC)cc1.CCC. The molecule has 128 valence electrons. The number of hydrogen-bond donors (Lipinski definition) is 0. The monoisotopic (exact) mass is 320 g/mol. The minimum atomic E-state index is -0.862. The molecule has 2 heteroatoms. The van der Waals surface area contributed by atoms with E-state index in [1.807, 2.05) is 12.1 Å². The first-order chi connectivity index (χ1) is 10.9. The Labute approximate surface area is 140 Å². The third-order valence-corrected chi connectivity index (χ3v) is 3.39. The van der Waals surface area contributed by atoms with Gasteiger partial charge in [0, 0.05) is 0 Å². The molecule has 0 aromatic heterocycles. The smallest absolute Gasteiger partial charge is 0.161 e. The van der Waals surface area contributed by atoms with Gasteiger partial charge in [0.05, 0.1) is 0 Å². The molecule has 0 spiro atoms. The zero-order valence-electron chi connectivity index (χ0n) is 15.0. The van der Waals surface area contributed by atoms with Crippen LogP contribution in [0.15, 0.2) is 60.2 Å². The predicted molar refractivity (Wildman–Crippen MR) is 97.9 cm³/mol. The first-order valence-electron chi connectivity index (χ1n) is 8.40. The van der Waals surface area contributed by atoms with E-state index in [4.69, 9.17) is 0 Å². The van der Waals surface area contributed by atoms with E-state index in [0.717, 1.165) is 12.0 Å². The molecule has 0 aliphatic carbocycles. The van der Waals surface area contributed by atoms with E-state index < -0.39 is 11.7 Å². The fraction of sp³-hybridized carbons (Fsp3) is 0.429. The largest absolute Gasteiger partial charge is 0.203 e. The summed E-state index contributed by atoms with van der Waals surface area (Å²) in [5.41, 5.74) is 2.74. The molecule has 0 N–H and O–H groups in total. The van der Waals surface area contributed by atoms with Crippen LogP contribution < -0.4 is 0 Å². The Kier molecular flexibility index (Phi) is 10.9. The zero-order valence-corrected chi connectivity index (χ0v) is 15.0. The molecule has 0 nitrogen and oxygen atoms in total. The Morgan fingerprint density at radius 1 is 0.826 bits per heavy atom. The highest BCUT2D eigenvalue weighted by Gasteiger charge is 2.12. The van der Waals surface area contributed by atoms with E-state index in [9.17, 15) is 8.78 Å². The average Bonchev–Trinajstić information content (AvgIpc) is 2.58. The summed E-state index contributed by atoms with van der Waals surface area (Å²) in [6, 6.07) is 8.16. The third-order valence-electron chi connectivity index (χ3n) is 3.39. The van der Waals surface area contributed by atoms with Crippen LogP contribution >= 0.6 is 0 Å². The van der Waals surface area contributed by atoms with E-state index in [0.29, 0.717) is 19.3 Å². The molecular weight excluding hydrogens is 290 g/mol. The van der Waals surface area contributed by atoms with E-state index >= 15 is 0 Å². The van der Waals surface area contributed by atoms with Crippen molar-refractivity contribution in [2.24, 2.45) is 0 Å². The average molecular weight is 320 g/mol. The second-order valence-corrected chi connectivity index (χ2v) is 5.57. The molecule has 0 aliphatic rings.